The van der Waals surface area contributed by atoms with Gasteiger partial charge in [0.1, 0.15) is 4.83 Å². The normalized spacial score (nSPS) is 12.3. The van der Waals surface area contributed by atoms with Crippen molar-refractivity contribution in [2.24, 2.45) is 0 Å². The van der Waals surface area contributed by atoms with Crippen molar-refractivity contribution in [2.75, 3.05) is 5.75 Å². The van der Waals surface area contributed by atoms with Crippen molar-refractivity contribution in [2.45, 2.75) is 51.9 Å². The number of carbonyl (C=O) groups is 1. The molecule has 2 aromatic heterocycles. The number of rotatable bonds is 7. The third kappa shape index (κ3) is 4.68. The SMILES string of the molecule is CCC(NC(=O)CSc1nc2sc(C)c(C)c2c(=O)n1CC)c1ccc(Cl)cc1. The zero-order valence-electron chi connectivity index (χ0n) is 16.9. The quantitative estimate of drug-likeness (QED) is 0.402. The number of fused-ring (bicyclic) bond motifs is 1. The minimum absolute atomic E-state index is 0.0325. The van der Waals surface area contributed by atoms with Crippen LogP contribution in [-0.2, 0) is 11.3 Å². The average molecular weight is 450 g/mol. The smallest absolute Gasteiger partial charge is 0.263 e. The molecule has 0 fully saturated rings. The molecule has 1 N–H and O–H groups in total. The lowest BCUT2D eigenvalue weighted by Gasteiger charge is -2.18. The van der Waals surface area contributed by atoms with Crippen LogP contribution in [0.25, 0.3) is 10.2 Å². The molecular weight excluding hydrogens is 426 g/mol. The van der Waals surface area contributed by atoms with Gasteiger partial charge in [0, 0.05) is 16.4 Å². The molecule has 1 amide bonds. The van der Waals surface area contributed by atoms with Gasteiger partial charge in [-0.15, -0.1) is 11.3 Å². The number of aromatic nitrogens is 2. The fraction of sp³-hybridized carbons (Fsp3) is 0.381. The van der Waals surface area contributed by atoms with E-state index in [1.54, 1.807) is 4.57 Å². The van der Waals surface area contributed by atoms with Crippen molar-refractivity contribution >= 4 is 50.8 Å². The fourth-order valence-electron chi connectivity index (χ4n) is 3.18. The Labute approximate surface area is 183 Å². The summed E-state index contributed by atoms with van der Waals surface area (Å²) in [6, 6.07) is 7.42. The predicted molar refractivity (Wildman–Crippen MR) is 122 cm³/mol. The molecule has 0 aliphatic carbocycles. The number of benzene rings is 1. The van der Waals surface area contributed by atoms with Crippen molar-refractivity contribution in [1.29, 1.82) is 0 Å². The van der Waals surface area contributed by atoms with E-state index in [0.717, 1.165) is 27.3 Å². The summed E-state index contributed by atoms with van der Waals surface area (Å²) in [4.78, 5) is 32.0. The van der Waals surface area contributed by atoms with Crippen LogP contribution in [0, 0.1) is 13.8 Å². The Kier molecular flexibility index (Phi) is 7.03. The number of halogens is 1. The first-order valence-corrected chi connectivity index (χ1v) is 11.7. The first-order chi connectivity index (χ1) is 13.8. The highest BCUT2D eigenvalue weighted by Gasteiger charge is 2.18. The van der Waals surface area contributed by atoms with Gasteiger partial charge in [0.15, 0.2) is 5.16 Å². The second kappa shape index (κ2) is 9.32. The van der Waals surface area contributed by atoms with Gasteiger partial charge in [-0.25, -0.2) is 4.98 Å². The van der Waals surface area contributed by atoms with Crippen molar-refractivity contribution in [1.82, 2.24) is 14.9 Å². The van der Waals surface area contributed by atoms with Gasteiger partial charge < -0.3 is 5.32 Å². The summed E-state index contributed by atoms with van der Waals surface area (Å²) >= 11 is 8.78. The summed E-state index contributed by atoms with van der Waals surface area (Å²) in [5.74, 6) is 0.109. The van der Waals surface area contributed by atoms with Crippen LogP contribution in [-0.4, -0.2) is 21.2 Å². The van der Waals surface area contributed by atoms with E-state index in [0.29, 0.717) is 22.1 Å². The minimum atomic E-state index is -0.0904. The molecule has 3 rings (SSSR count). The van der Waals surface area contributed by atoms with E-state index in [-0.39, 0.29) is 23.3 Å². The van der Waals surface area contributed by atoms with Crippen molar-refractivity contribution in [3.63, 3.8) is 0 Å². The first-order valence-electron chi connectivity index (χ1n) is 9.53. The molecule has 0 aliphatic heterocycles. The fourth-order valence-corrected chi connectivity index (χ4v) is 5.25. The molecule has 1 unspecified atom stereocenters. The average Bonchev–Trinajstić information content (AvgIpc) is 2.99. The number of thioether (sulfide) groups is 1. The van der Waals surface area contributed by atoms with Crippen LogP contribution in [0.2, 0.25) is 5.02 Å². The zero-order valence-corrected chi connectivity index (χ0v) is 19.3. The standard InChI is InChI=1S/C21H24ClN3O2S2/c1-5-16(14-7-9-15(22)10-8-14)23-17(26)11-28-21-24-19-18(12(3)13(4)29-19)20(27)25(21)6-2/h7-10,16H,5-6,11H2,1-4H3,(H,23,26). The Morgan fingerprint density at radius 2 is 1.97 bits per heavy atom. The predicted octanol–water partition coefficient (Wildman–Crippen LogP) is 5.11. The molecule has 2 heterocycles. The molecule has 0 bridgehead atoms. The van der Waals surface area contributed by atoms with Gasteiger partial charge in [-0.1, -0.05) is 42.4 Å². The number of nitrogens with one attached hydrogen (secondary N) is 1. The van der Waals surface area contributed by atoms with E-state index in [1.807, 2.05) is 52.0 Å². The number of carbonyl (C=O) groups excluding carboxylic acids is 1. The van der Waals surface area contributed by atoms with E-state index < -0.39 is 0 Å². The summed E-state index contributed by atoms with van der Waals surface area (Å²) in [5, 5.41) is 5.01. The van der Waals surface area contributed by atoms with E-state index in [1.165, 1.54) is 23.1 Å². The lowest BCUT2D eigenvalue weighted by atomic mass is 10.0. The van der Waals surface area contributed by atoms with Crippen LogP contribution in [0.1, 0.15) is 42.3 Å². The van der Waals surface area contributed by atoms with E-state index >= 15 is 0 Å². The minimum Gasteiger partial charge on any atom is -0.349 e. The highest BCUT2D eigenvalue weighted by atomic mass is 35.5. The molecule has 29 heavy (non-hydrogen) atoms. The Bertz CT molecular complexity index is 1090. The van der Waals surface area contributed by atoms with Crippen LogP contribution in [0.15, 0.2) is 34.2 Å². The molecule has 0 aliphatic rings. The van der Waals surface area contributed by atoms with E-state index in [4.69, 9.17) is 11.6 Å². The van der Waals surface area contributed by atoms with Crippen molar-refractivity contribution < 1.29 is 4.79 Å². The number of amides is 1. The van der Waals surface area contributed by atoms with Crippen molar-refractivity contribution in [3.8, 4) is 0 Å². The number of aryl methyl sites for hydroxylation is 2. The summed E-state index contributed by atoms with van der Waals surface area (Å²) in [7, 11) is 0. The molecule has 0 spiro atoms. The highest BCUT2D eigenvalue weighted by Crippen LogP contribution is 2.28. The monoisotopic (exact) mass is 449 g/mol. The third-order valence-corrected chi connectivity index (χ3v) is 7.25. The lowest BCUT2D eigenvalue weighted by Crippen LogP contribution is -2.30. The summed E-state index contributed by atoms with van der Waals surface area (Å²) in [6.45, 7) is 8.42. The molecule has 3 aromatic rings. The Morgan fingerprint density at radius 3 is 2.59 bits per heavy atom. The molecule has 154 valence electrons. The summed E-state index contributed by atoms with van der Waals surface area (Å²) < 4.78 is 1.65. The molecular formula is C21H24ClN3O2S2. The van der Waals surface area contributed by atoms with E-state index in [9.17, 15) is 9.59 Å². The maximum Gasteiger partial charge on any atom is 0.263 e. The molecule has 0 saturated carbocycles. The van der Waals surface area contributed by atoms with Crippen LogP contribution in [0.3, 0.4) is 0 Å². The van der Waals surface area contributed by atoms with E-state index in [2.05, 4.69) is 10.3 Å². The second-order valence-corrected chi connectivity index (χ2v) is 9.36. The number of thiophene rings is 1. The van der Waals surface area contributed by atoms with Gasteiger partial charge in [-0.05, 0) is 50.5 Å². The van der Waals surface area contributed by atoms with Gasteiger partial charge in [0.05, 0.1) is 17.2 Å². The lowest BCUT2D eigenvalue weighted by molar-refractivity contribution is -0.119. The van der Waals surface area contributed by atoms with Gasteiger partial charge >= 0.3 is 0 Å². The maximum absolute atomic E-state index is 12.9. The Morgan fingerprint density at radius 1 is 1.28 bits per heavy atom. The molecule has 0 radical (unpaired) electrons. The number of hydrogen-bond donors (Lipinski definition) is 1. The topological polar surface area (TPSA) is 64.0 Å². The summed E-state index contributed by atoms with van der Waals surface area (Å²) in [6.07, 6.45) is 0.773. The molecule has 0 saturated heterocycles. The molecule has 1 atom stereocenters. The van der Waals surface area contributed by atoms with Gasteiger partial charge in [0.25, 0.3) is 5.56 Å². The first kappa shape index (κ1) is 21.9. The van der Waals surface area contributed by atoms with Gasteiger partial charge in [0.2, 0.25) is 5.91 Å². The Hall–Kier alpha value is -1.83. The Balaban J connectivity index is 1.76. The number of hydrogen-bond acceptors (Lipinski definition) is 5. The molecule has 8 heteroatoms. The van der Waals surface area contributed by atoms with Crippen LogP contribution < -0.4 is 10.9 Å². The van der Waals surface area contributed by atoms with Gasteiger partial charge in [-0.3, -0.25) is 14.2 Å². The van der Waals surface area contributed by atoms with Crippen LogP contribution >= 0.6 is 34.7 Å². The van der Waals surface area contributed by atoms with Gasteiger partial charge in [-0.2, -0.15) is 0 Å². The molecule has 5 nitrogen and oxygen atoms in total. The highest BCUT2D eigenvalue weighted by molar-refractivity contribution is 7.99. The van der Waals surface area contributed by atoms with Crippen LogP contribution in [0.4, 0.5) is 0 Å². The maximum atomic E-state index is 12.9. The third-order valence-electron chi connectivity index (χ3n) is 4.92. The number of nitrogens with zero attached hydrogens (tertiary/aromatic N) is 2. The van der Waals surface area contributed by atoms with Crippen molar-refractivity contribution in [3.05, 3.63) is 55.6 Å². The van der Waals surface area contributed by atoms with Crippen LogP contribution in [0.5, 0.6) is 0 Å². The molecule has 1 aromatic carbocycles. The zero-order chi connectivity index (χ0) is 21.1. The largest absolute Gasteiger partial charge is 0.349 e. The summed E-state index contributed by atoms with van der Waals surface area (Å²) in [5.41, 5.74) is 1.98. The second-order valence-electron chi connectivity index (χ2n) is 6.78.